The van der Waals surface area contributed by atoms with E-state index in [4.69, 9.17) is 4.99 Å². The molecule has 0 aromatic rings. The zero-order valence-electron chi connectivity index (χ0n) is 13.8. The Morgan fingerprint density at radius 2 is 1.67 bits per heavy atom. The molecule has 21 heavy (non-hydrogen) atoms. The molecule has 4 bridgehead atoms. The monoisotopic (exact) mass is 306 g/mol. The molecule has 0 aromatic heterocycles. The standard InChI is InChI=1S/C18H30N2S/c1-11-10-21-17(19-12(11)2)20-13(3)18-7-14-4-15(8-18)6-16(5-14)9-18/h11-16H,4-10H2,1-3H3,(H,19,20). The second kappa shape index (κ2) is 5.18. The van der Waals surface area contributed by atoms with Crippen molar-refractivity contribution in [1.29, 1.82) is 0 Å². The highest BCUT2D eigenvalue weighted by Crippen LogP contribution is 2.61. The van der Waals surface area contributed by atoms with Crippen molar-refractivity contribution in [2.45, 2.75) is 71.4 Å². The quantitative estimate of drug-likeness (QED) is 0.822. The Bertz CT molecular complexity index is 409. The van der Waals surface area contributed by atoms with Crippen LogP contribution < -0.4 is 5.32 Å². The number of hydrogen-bond donors (Lipinski definition) is 1. The summed E-state index contributed by atoms with van der Waals surface area (Å²) in [5, 5.41) is 5.07. The molecule has 0 spiro atoms. The van der Waals surface area contributed by atoms with Gasteiger partial charge in [-0.25, -0.2) is 0 Å². The van der Waals surface area contributed by atoms with Gasteiger partial charge in [0.05, 0.1) is 6.04 Å². The SMILES string of the molecule is CC1CSC(NC(C)C23CC4CC(CC(C4)C2)C3)=NC1C. The van der Waals surface area contributed by atoms with Crippen molar-refractivity contribution in [2.24, 2.45) is 34.1 Å². The van der Waals surface area contributed by atoms with Crippen LogP contribution in [0, 0.1) is 29.1 Å². The third-order valence-electron chi connectivity index (χ3n) is 6.97. The minimum atomic E-state index is 0.484. The van der Waals surface area contributed by atoms with Gasteiger partial charge in [-0.1, -0.05) is 18.7 Å². The average molecular weight is 307 g/mol. The first kappa shape index (κ1) is 14.4. The molecular formula is C18H30N2S. The molecule has 4 fully saturated rings. The fourth-order valence-electron chi connectivity index (χ4n) is 5.82. The summed E-state index contributed by atoms with van der Waals surface area (Å²) in [6, 6.07) is 1.09. The zero-order valence-corrected chi connectivity index (χ0v) is 14.6. The second-order valence-corrected chi connectivity index (χ2v) is 9.62. The number of amidine groups is 1. The van der Waals surface area contributed by atoms with Gasteiger partial charge in [-0.3, -0.25) is 4.99 Å². The van der Waals surface area contributed by atoms with E-state index in [2.05, 4.69) is 26.1 Å². The largest absolute Gasteiger partial charge is 0.362 e. The molecule has 3 atom stereocenters. The van der Waals surface area contributed by atoms with Crippen LogP contribution in [0.4, 0.5) is 0 Å². The minimum absolute atomic E-state index is 0.484. The minimum Gasteiger partial charge on any atom is -0.362 e. The first-order valence-corrected chi connectivity index (χ1v) is 10.00. The number of nitrogens with one attached hydrogen (secondary N) is 1. The number of hydrogen-bond acceptors (Lipinski definition) is 3. The highest BCUT2D eigenvalue weighted by atomic mass is 32.2. The van der Waals surface area contributed by atoms with Gasteiger partial charge in [-0.15, -0.1) is 0 Å². The van der Waals surface area contributed by atoms with Crippen LogP contribution in [0.2, 0.25) is 0 Å². The highest BCUT2D eigenvalue weighted by Gasteiger charge is 2.53. The lowest BCUT2D eigenvalue weighted by atomic mass is 9.48. The molecule has 5 rings (SSSR count). The summed E-state index contributed by atoms with van der Waals surface area (Å²) in [5.41, 5.74) is 0.587. The Kier molecular flexibility index (Phi) is 3.55. The molecule has 0 saturated heterocycles. The smallest absolute Gasteiger partial charge is 0.157 e. The van der Waals surface area contributed by atoms with Crippen LogP contribution in [-0.4, -0.2) is 23.0 Å². The zero-order chi connectivity index (χ0) is 14.6. The Morgan fingerprint density at radius 1 is 1.10 bits per heavy atom. The molecule has 2 nitrogen and oxygen atoms in total. The predicted octanol–water partition coefficient (Wildman–Crippen LogP) is 4.31. The number of aliphatic imine (C=N–C) groups is 1. The van der Waals surface area contributed by atoms with Gasteiger partial charge in [0.1, 0.15) is 0 Å². The van der Waals surface area contributed by atoms with Crippen LogP contribution in [0.5, 0.6) is 0 Å². The maximum Gasteiger partial charge on any atom is 0.157 e. The maximum atomic E-state index is 4.90. The molecule has 5 aliphatic rings. The molecule has 3 heteroatoms. The molecule has 1 N–H and O–H groups in total. The van der Waals surface area contributed by atoms with Crippen LogP contribution in [0.1, 0.15) is 59.3 Å². The van der Waals surface area contributed by atoms with Crippen molar-refractivity contribution in [2.75, 3.05) is 5.75 Å². The first-order valence-electron chi connectivity index (χ1n) is 9.01. The van der Waals surface area contributed by atoms with E-state index < -0.39 is 0 Å². The Labute approximate surface area is 133 Å². The van der Waals surface area contributed by atoms with Gasteiger partial charge in [0.25, 0.3) is 0 Å². The number of nitrogens with zero attached hydrogens (tertiary/aromatic N) is 1. The van der Waals surface area contributed by atoms with Gasteiger partial charge in [0.2, 0.25) is 0 Å². The summed E-state index contributed by atoms with van der Waals surface area (Å²) in [6.45, 7) is 7.03. The van der Waals surface area contributed by atoms with Crippen LogP contribution in [0.3, 0.4) is 0 Å². The molecule has 3 unspecified atom stereocenters. The van der Waals surface area contributed by atoms with E-state index in [1.54, 1.807) is 0 Å². The summed E-state index contributed by atoms with van der Waals surface area (Å²) >= 11 is 1.95. The fourth-order valence-corrected chi connectivity index (χ4v) is 7.02. The summed E-state index contributed by atoms with van der Waals surface area (Å²) in [7, 11) is 0. The van der Waals surface area contributed by atoms with Crippen molar-refractivity contribution in [3.8, 4) is 0 Å². The second-order valence-electron chi connectivity index (χ2n) is 8.61. The van der Waals surface area contributed by atoms with Crippen LogP contribution in [0.25, 0.3) is 0 Å². The van der Waals surface area contributed by atoms with E-state index >= 15 is 0 Å². The van der Waals surface area contributed by atoms with E-state index in [-0.39, 0.29) is 0 Å². The summed E-state index contributed by atoms with van der Waals surface area (Å²) in [6.07, 6.45) is 9.06. The van der Waals surface area contributed by atoms with Gasteiger partial charge in [0, 0.05) is 11.8 Å². The summed E-state index contributed by atoms with van der Waals surface area (Å²) < 4.78 is 0. The van der Waals surface area contributed by atoms with Gasteiger partial charge >= 0.3 is 0 Å². The fraction of sp³-hybridized carbons (Fsp3) is 0.944. The maximum absolute atomic E-state index is 4.90. The Hall–Kier alpha value is -0.180. The molecule has 0 amide bonds. The van der Waals surface area contributed by atoms with E-state index in [1.807, 2.05) is 11.8 Å². The van der Waals surface area contributed by atoms with Gasteiger partial charge < -0.3 is 5.32 Å². The number of rotatable bonds is 2. The predicted molar refractivity (Wildman–Crippen MR) is 91.7 cm³/mol. The molecule has 0 aromatic carbocycles. The van der Waals surface area contributed by atoms with Gasteiger partial charge in [0.15, 0.2) is 5.17 Å². The van der Waals surface area contributed by atoms with E-state index in [0.29, 0.717) is 17.5 Å². The topological polar surface area (TPSA) is 24.4 Å². The molecule has 1 heterocycles. The highest BCUT2D eigenvalue weighted by molar-refractivity contribution is 8.13. The van der Waals surface area contributed by atoms with Crippen LogP contribution >= 0.6 is 11.8 Å². The van der Waals surface area contributed by atoms with Crippen molar-refractivity contribution < 1.29 is 0 Å². The Balaban J connectivity index is 1.48. The van der Waals surface area contributed by atoms with Crippen LogP contribution in [0.15, 0.2) is 4.99 Å². The third kappa shape index (κ3) is 2.54. The molecule has 4 saturated carbocycles. The van der Waals surface area contributed by atoms with E-state index in [0.717, 1.165) is 23.7 Å². The van der Waals surface area contributed by atoms with E-state index in [9.17, 15) is 0 Å². The normalized spacial score (nSPS) is 49.9. The molecule has 1 aliphatic heterocycles. The molecule has 118 valence electrons. The average Bonchev–Trinajstić information content (AvgIpc) is 2.41. The molecular weight excluding hydrogens is 276 g/mol. The molecule has 0 radical (unpaired) electrons. The van der Waals surface area contributed by atoms with Crippen molar-refractivity contribution in [3.63, 3.8) is 0 Å². The summed E-state index contributed by atoms with van der Waals surface area (Å²) in [4.78, 5) is 4.90. The number of thioether (sulfide) groups is 1. The van der Waals surface area contributed by atoms with Crippen molar-refractivity contribution in [1.82, 2.24) is 5.32 Å². The van der Waals surface area contributed by atoms with Crippen LogP contribution in [-0.2, 0) is 0 Å². The van der Waals surface area contributed by atoms with Gasteiger partial charge in [-0.05, 0) is 81.5 Å². The van der Waals surface area contributed by atoms with Gasteiger partial charge in [-0.2, -0.15) is 0 Å². The van der Waals surface area contributed by atoms with Crippen molar-refractivity contribution >= 4 is 16.9 Å². The lowest BCUT2D eigenvalue weighted by Crippen LogP contribution is -2.55. The lowest BCUT2D eigenvalue weighted by molar-refractivity contribution is -0.0671. The summed E-state index contributed by atoms with van der Waals surface area (Å²) in [5.74, 6) is 5.07. The van der Waals surface area contributed by atoms with E-state index in [1.165, 1.54) is 49.4 Å². The first-order chi connectivity index (χ1) is 10.0. The molecule has 4 aliphatic carbocycles. The Morgan fingerprint density at radius 3 is 2.19 bits per heavy atom. The van der Waals surface area contributed by atoms with Crippen molar-refractivity contribution in [3.05, 3.63) is 0 Å². The third-order valence-corrected chi connectivity index (χ3v) is 8.16. The lowest BCUT2D eigenvalue weighted by Gasteiger charge is -2.59.